The van der Waals surface area contributed by atoms with Gasteiger partial charge in [-0.05, 0) is 102 Å². The van der Waals surface area contributed by atoms with E-state index in [-0.39, 0.29) is 10.8 Å². The quantitative estimate of drug-likeness (QED) is 0.0809. The molecule has 10 heteroatoms. The van der Waals surface area contributed by atoms with Crippen molar-refractivity contribution < 1.29 is 14.3 Å². The molecule has 0 fully saturated rings. The summed E-state index contributed by atoms with van der Waals surface area (Å²) >= 11 is 8.44. The predicted octanol–water partition coefficient (Wildman–Crippen LogP) is 18.1. The number of nitrogens with zero attached hydrogens (tertiary/aromatic N) is 2. The highest BCUT2D eigenvalue weighted by Gasteiger charge is 2.48. The lowest BCUT2D eigenvalue weighted by Crippen LogP contribution is -2.39. The van der Waals surface area contributed by atoms with Gasteiger partial charge in [-0.2, -0.15) is 8.75 Å². The molecule has 1 aliphatic carbocycles. The molecule has 1 aromatic carbocycles. The highest BCUT2D eigenvalue weighted by molar-refractivity contribution is 7.27. The van der Waals surface area contributed by atoms with Gasteiger partial charge >= 0.3 is 0 Å². The molecule has 6 aromatic rings. The van der Waals surface area contributed by atoms with Crippen LogP contribution in [0.2, 0.25) is 0 Å². The summed E-state index contributed by atoms with van der Waals surface area (Å²) in [5, 5.41) is 0. The summed E-state index contributed by atoms with van der Waals surface area (Å²) in [7, 11) is 3.43. The molecular weight excluding hydrogens is 885 g/mol. The summed E-state index contributed by atoms with van der Waals surface area (Å²) in [6, 6.07) is 13.5. The van der Waals surface area contributed by atoms with Crippen molar-refractivity contribution >= 4 is 73.9 Å². The molecule has 5 aromatic heterocycles. The van der Waals surface area contributed by atoms with Crippen molar-refractivity contribution in [2.24, 2.45) is 23.7 Å². The van der Waals surface area contributed by atoms with Crippen LogP contribution in [0.1, 0.15) is 173 Å². The van der Waals surface area contributed by atoms with E-state index in [2.05, 4.69) is 119 Å². The number of Topliss-reactive ketones (excluding diaryl/α,β-unsaturated/α-hetero) is 1. The molecule has 0 spiro atoms. The summed E-state index contributed by atoms with van der Waals surface area (Å²) in [5.74, 6) is 4.28. The lowest BCUT2D eigenvalue weighted by Gasteiger charge is -2.38. The van der Waals surface area contributed by atoms with Gasteiger partial charge in [0.05, 0.1) is 47.4 Å². The lowest BCUT2D eigenvalue weighted by atomic mass is 9.64. The van der Waals surface area contributed by atoms with Crippen LogP contribution in [0.5, 0.6) is 11.5 Å². The molecule has 0 bridgehead atoms. The first-order valence-corrected chi connectivity index (χ1v) is 27.7. The van der Waals surface area contributed by atoms with Gasteiger partial charge in [-0.15, -0.1) is 45.3 Å². The number of aromatic nitrogens is 2. The minimum Gasteiger partial charge on any atom is -0.492 e. The van der Waals surface area contributed by atoms with Gasteiger partial charge in [-0.1, -0.05) is 122 Å². The van der Waals surface area contributed by atoms with Crippen molar-refractivity contribution in [3.05, 3.63) is 57.3 Å². The van der Waals surface area contributed by atoms with E-state index < -0.39 is 5.41 Å². The van der Waals surface area contributed by atoms with E-state index in [1.165, 1.54) is 70.4 Å². The highest BCUT2D eigenvalue weighted by Crippen LogP contribution is 2.58. The third-order valence-corrected chi connectivity index (χ3v) is 19.6. The molecule has 5 heterocycles. The Balaban J connectivity index is 1.30. The third-order valence-electron chi connectivity index (χ3n) is 13.4. The molecule has 0 amide bonds. The van der Waals surface area contributed by atoms with Gasteiger partial charge in [0.25, 0.3) is 0 Å². The molecule has 0 saturated carbocycles. The number of thiophene rings is 4. The van der Waals surface area contributed by atoms with Gasteiger partial charge in [0.15, 0.2) is 17.3 Å². The van der Waals surface area contributed by atoms with Crippen molar-refractivity contribution in [3.63, 3.8) is 0 Å². The molecule has 0 radical (unpaired) electrons. The van der Waals surface area contributed by atoms with Crippen LogP contribution in [0.3, 0.4) is 0 Å². The summed E-state index contributed by atoms with van der Waals surface area (Å²) < 4.78 is 22.2. The van der Waals surface area contributed by atoms with Crippen LogP contribution in [0.15, 0.2) is 36.4 Å². The van der Waals surface area contributed by atoms with Crippen LogP contribution in [0.4, 0.5) is 0 Å². The predicted molar refractivity (Wildman–Crippen MR) is 281 cm³/mol. The second kappa shape index (κ2) is 19.8. The summed E-state index contributed by atoms with van der Waals surface area (Å²) in [6.45, 7) is 27.8. The van der Waals surface area contributed by atoms with Gasteiger partial charge in [0.2, 0.25) is 0 Å². The van der Waals surface area contributed by atoms with Gasteiger partial charge in [0.1, 0.15) is 11.0 Å². The van der Waals surface area contributed by atoms with E-state index in [1.807, 2.05) is 11.3 Å². The van der Waals surface area contributed by atoms with Crippen molar-refractivity contribution in [2.45, 2.75) is 164 Å². The van der Waals surface area contributed by atoms with Crippen molar-refractivity contribution in [3.8, 4) is 51.9 Å². The number of methoxy groups -OCH3 is 2. The van der Waals surface area contributed by atoms with Crippen LogP contribution in [0.25, 0.3) is 51.4 Å². The Morgan fingerprint density at radius 1 is 0.578 bits per heavy atom. The molecule has 0 N–H and O–H groups in total. The first-order chi connectivity index (χ1) is 30.3. The molecule has 2 atom stereocenters. The van der Waals surface area contributed by atoms with Crippen molar-refractivity contribution in [1.82, 2.24) is 8.75 Å². The van der Waals surface area contributed by atoms with E-state index >= 15 is 4.79 Å². The van der Waals surface area contributed by atoms with Gasteiger partial charge in [0, 0.05) is 39.7 Å². The number of fused-ring (bicyclic) bond motifs is 4. The Bertz CT molecular complexity index is 2520. The number of hydrogen-bond acceptors (Lipinski definition) is 10. The maximum Gasteiger partial charge on any atom is 0.174 e. The highest BCUT2D eigenvalue weighted by atomic mass is 32.1. The average molecular weight is 958 g/mol. The molecular formula is C54H72N2O3S5. The van der Waals surface area contributed by atoms with E-state index in [0.29, 0.717) is 29.1 Å². The fourth-order valence-corrected chi connectivity index (χ4v) is 14.9. The zero-order chi connectivity index (χ0) is 46.3. The Morgan fingerprint density at radius 2 is 1.09 bits per heavy atom. The first-order valence-electron chi connectivity index (χ1n) is 23.7. The molecule has 5 nitrogen and oxygen atoms in total. The second-order valence-corrected chi connectivity index (χ2v) is 26.5. The van der Waals surface area contributed by atoms with Crippen molar-refractivity contribution in [1.29, 1.82) is 0 Å². The monoisotopic (exact) mass is 956 g/mol. The number of carbonyl (C=O) groups excluding carboxylic acids is 1. The maximum atomic E-state index is 15.7. The number of rotatable bonds is 19. The van der Waals surface area contributed by atoms with Gasteiger partial charge in [-0.25, -0.2) is 0 Å². The molecule has 2 unspecified atom stereocenters. The number of ether oxygens (including phenoxy) is 2. The smallest absolute Gasteiger partial charge is 0.174 e. The molecule has 7 rings (SSSR count). The first kappa shape index (κ1) is 49.0. The lowest BCUT2D eigenvalue weighted by molar-refractivity contribution is 0.0846. The SMILES string of the molecule is COc1c(OC)c(-c2ccc(C(C)(C)C)s2)c2nsnc2c1-c1ccc(-c2cc3c(s2)-c2sc(C(C)(C)C)cc2C(CCC(C)CCCC(C)C)(CCC(C)CCCC(C)C)C3=O)s1. The Labute approximate surface area is 404 Å². The zero-order valence-corrected chi connectivity index (χ0v) is 45.1. The minimum absolute atomic E-state index is 0.0160. The van der Waals surface area contributed by atoms with E-state index in [4.69, 9.17) is 18.2 Å². The number of benzene rings is 1. The molecule has 0 saturated heterocycles. The van der Waals surface area contributed by atoms with Crippen molar-refractivity contribution in [2.75, 3.05) is 14.2 Å². The van der Waals surface area contributed by atoms with Crippen LogP contribution in [-0.4, -0.2) is 28.7 Å². The topological polar surface area (TPSA) is 61.3 Å². The third kappa shape index (κ3) is 10.0. The largest absolute Gasteiger partial charge is 0.492 e. The fourth-order valence-electron chi connectivity index (χ4n) is 9.44. The molecule has 0 aliphatic heterocycles. The average Bonchev–Trinajstić information content (AvgIpc) is 4.08. The summed E-state index contributed by atoms with van der Waals surface area (Å²) in [6.07, 6.45) is 11.4. The summed E-state index contributed by atoms with van der Waals surface area (Å²) in [5.41, 5.74) is 5.18. The maximum absolute atomic E-state index is 15.7. The van der Waals surface area contributed by atoms with Gasteiger partial charge < -0.3 is 9.47 Å². The van der Waals surface area contributed by atoms with Crippen LogP contribution in [0, 0.1) is 23.7 Å². The Kier molecular flexibility index (Phi) is 15.1. The Morgan fingerprint density at radius 3 is 1.59 bits per heavy atom. The standard InChI is InChI=1S/C54H72N2O3S5/c1-31(2)17-15-19-33(5)25-27-54(28-26-34(6)20-16-18-32(3)4)36-30-42(53(10,11)12)63-50(36)49-35(51(54)57)29-40(62-49)37-21-22-38(60-37)43-45-46(56-64-55-45)44(48(59-14)47(43)58-13)39-23-24-41(61-39)52(7,8)9/h21-24,29-34H,15-20,25-28H2,1-14H3. The minimum atomic E-state index is -0.523. The molecule has 346 valence electrons. The van der Waals surface area contributed by atoms with E-state index in [0.717, 1.165) is 89.6 Å². The fraction of sp³-hybridized carbons (Fsp3) is 0.574. The Hall–Kier alpha value is -2.89. The second-order valence-electron chi connectivity index (χ2n) is 21.7. The number of hydrogen-bond donors (Lipinski definition) is 0. The van der Waals surface area contributed by atoms with Crippen LogP contribution >= 0.6 is 57.1 Å². The zero-order valence-electron chi connectivity index (χ0n) is 41.0. The molecule has 64 heavy (non-hydrogen) atoms. The van der Waals surface area contributed by atoms with Crippen LogP contribution < -0.4 is 9.47 Å². The number of ketones is 1. The summed E-state index contributed by atoms with van der Waals surface area (Å²) in [4.78, 5) is 25.2. The number of carbonyl (C=O) groups is 1. The molecule has 1 aliphatic rings. The van der Waals surface area contributed by atoms with E-state index in [1.54, 1.807) is 48.2 Å². The normalized spacial score (nSPS) is 16.5. The van der Waals surface area contributed by atoms with Crippen LogP contribution in [-0.2, 0) is 16.2 Å². The van der Waals surface area contributed by atoms with E-state index in [9.17, 15) is 0 Å². The van der Waals surface area contributed by atoms with Gasteiger partial charge in [-0.3, -0.25) is 4.79 Å².